The zero-order valence-electron chi connectivity index (χ0n) is 17.7. The maximum atomic E-state index is 14.5. The molecule has 0 aliphatic heterocycles. The zero-order valence-corrected chi connectivity index (χ0v) is 17.7. The Bertz CT molecular complexity index is 1400. The molecular weight excluding hydrogens is 446 g/mol. The number of hydrogen-bond donors (Lipinski definition) is 2. The number of nitrogens with one attached hydrogen (secondary N) is 1. The monoisotopic (exact) mass is 464 g/mol. The van der Waals surface area contributed by atoms with Gasteiger partial charge in [-0.2, -0.15) is 5.10 Å². The van der Waals surface area contributed by atoms with E-state index in [-0.39, 0.29) is 24.0 Å². The van der Waals surface area contributed by atoms with E-state index >= 15 is 0 Å². The van der Waals surface area contributed by atoms with E-state index in [4.69, 9.17) is 4.52 Å². The van der Waals surface area contributed by atoms with Crippen LogP contribution >= 0.6 is 0 Å². The zero-order chi connectivity index (χ0) is 23.5. The van der Waals surface area contributed by atoms with Crippen molar-refractivity contribution in [1.82, 2.24) is 24.9 Å². The van der Waals surface area contributed by atoms with Crippen LogP contribution in [0.15, 0.2) is 53.4 Å². The summed E-state index contributed by atoms with van der Waals surface area (Å²) in [7, 11) is 0. The van der Waals surface area contributed by atoms with Gasteiger partial charge in [0.25, 0.3) is 0 Å². The first-order valence-corrected chi connectivity index (χ1v) is 10.6. The summed E-state index contributed by atoms with van der Waals surface area (Å²) in [6, 6.07) is 9.70. The quantitative estimate of drug-likeness (QED) is 0.425. The second-order valence-corrected chi connectivity index (χ2v) is 8.96. The molecule has 34 heavy (non-hydrogen) atoms. The topological polar surface area (TPSA) is 119 Å². The van der Waals surface area contributed by atoms with Crippen LogP contribution in [-0.4, -0.2) is 41.5 Å². The maximum absolute atomic E-state index is 14.5. The van der Waals surface area contributed by atoms with E-state index < -0.39 is 22.7 Å². The van der Waals surface area contributed by atoms with E-state index in [1.165, 1.54) is 12.3 Å². The summed E-state index contributed by atoms with van der Waals surface area (Å²) in [5.41, 5.74) is 0.663. The standard InChI is InChI=1S/C23H18F2N6O3/c24-14-4-2-1-3-13(14)9-31-18(16-5-6-34-30-16)7-17(29-31)20-26-8-15(25)19(27-20)28-23-10-22(11-23,12-23)21(32)33/h1-8H,9-12H2,(H,32,33)(H,26,27,28). The summed E-state index contributed by atoms with van der Waals surface area (Å²) in [5.74, 6) is -1.66. The van der Waals surface area contributed by atoms with Gasteiger partial charge in [-0.1, -0.05) is 23.4 Å². The lowest BCUT2D eigenvalue weighted by Crippen LogP contribution is -2.73. The van der Waals surface area contributed by atoms with Crippen molar-refractivity contribution < 1.29 is 23.2 Å². The van der Waals surface area contributed by atoms with E-state index in [2.05, 4.69) is 25.5 Å². The van der Waals surface area contributed by atoms with Crippen LogP contribution in [0.3, 0.4) is 0 Å². The summed E-state index contributed by atoms with van der Waals surface area (Å²) >= 11 is 0. The molecule has 3 aliphatic rings. The largest absolute Gasteiger partial charge is 0.481 e. The summed E-state index contributed by atoms with van der Waals surface area (Å²) in [6.45, 7) is 0.127. The number of aliphatic carboxylic acids is 1. The molecule has 0 saturated heterocycles. The molecule has 3 fully saturated rings. The minimum Gasteiger partial charge on any atom is -0.481 e. The van der Waals surface area contributed by atoms with Crippen molar-refractivity contribution in [2.75, 3.05) is 5.32 Å². The number of nitrogens with zero attached hydrogens (tertiary/aromatic N) is 5. The lowest BCUT2D eigenvalue weighted by atomic mass is 9.39. The van der Waals surface area contributed by atoms with Gasteiger partial charge in [-0.15, -0.1) is 0 Å². The molecular formula is C23H18F2N6O3. The molecule has 3 aromatic heterocycles. The maximum Gasteiger partial charge on any atom is 0.309 e. The molecule has 172 valence electrons. The lowest BCUT2D eigenvalue weighted by molar-refractivity contribution is -0.186. The molecule has 2 N–H and O–H groups in total. The van der Waals surface area contributed by atoms with Gasteiger partial charge in [0.2, 0.25) is 0 Å². The van der Waals surface area contributed by atoms with E-state index in [1.807, 2.05) is 0 Å². The Morgan fingerprint density at radius 1 is 1.15 bits per heavy atom. The number of anilines is 1. The predicted octanol–water partition coefficient (Wildman–Crippen LogP) is 3.74. The van der Waals surface area contributed by atoms with Gasteiger partial charge in [-0.05, 0) is 31.4 Å². The van der Waals surface area contributed by atoms with Gasteiger partial charge < -0.3 is 14.9 Å². The molecule has 3 aliphatic carbocycles. The highest BCUT2D eigenvalue weighted by Crippen LogP contribution is 2.68. The van der Waals surface area contributed by atoms with E-state index in [1.54, 1.807) is 35.0 Å². The highest BCUT2D eigenvalue weighted by atomic mass is 19.1. The molecule has 7 rings (SSSR count). The minimum absolute atomic E-state index is 0.00433. The van der Waals surface area contributed by atoms with E-state index in [9.17, 15) is 18.7 Å². The number of aromatic nitrogens is 5. The minimum atomic E-state index is -0.819. The van der Waals surface area contributed by atoms with Gasteiger partial charge in [0.1, 0.15) is 23.5 Å². The van der Waals surface area contributed by atoms with Crippen LogP contribution in [0.4, 0.5) is 14.6 Å². The van der Waals surface area contributed by atoms with Crippen LogP contribution in [0.25, 0.3) is 22.9 Å². The van der Waals surface area contributed by atoms with Crippen LogP contribution in [0.5, 0.6) is 0 Å². The predicted molar refractivity (Wildman–Crippen MR) is 114 cm³/mol. The van der Waals surface area contributed by atoms with Gasteiger partial charge in [-0.25, -0.2) is 18.7 Å². The molecule has 9 nitrogen and oxygen atoms in total. The Morgan fingerprint density at radius 3 is 2.65 bits per heavy atom. The summed E-state index contributed by atoms with van der Waals surface area (Å²) in [6.07, 6.45) is 3.76. The van der Waals surface area contributed by atoms with Crippen molar-refractivity contribution in [3.63, 3.8) is 0 Å². The molecule has 4 aromatic rings. The smallest absolute Gasteiger partial charge is 0.309 e. The summed E-state index contributed by atoms with van der Waals surface area (Å²) in [5, 5.41) is 20.9. The molecule has 2 bridgehead atoms. The van der Waals surface area contributed by atoms with Crippen molar-refractivity contribution in [2.45, 2.75) is 31.3 Å². The molecule has 3 saturated carbocycles. The molecule has 11 heteroatoms. The SMILES string of the molecule is O=C(O)C12CC(Nc3nc(-c4cc(-c5ccon5)n(Cc5ccccc5F)n4)ncc3F)(C1)C2. The van der Waals surface area contributed by atoms with Gasteiger partial charge in [0, 0.05) is 17.2 Å². The lowest BCUT2D eigenvalue weighted by Gasteiger charge is -2.68. The normalized spacial score (nSPS) is 22.6. The molecule has 0 radical (unpaired) electrons. The van der Waals surface area contributed by atoms with Crippen molar-refractivity contribution in [3.8, 4) is 22.9 Å². The van der Waals surface area contributed by atoms with Crippen molar-refractivity contribution in [2.24, 2.45) is 5.41 Å². The Kier molecular flexibility index (Phi) is 4.32. The average molecular weight is 464 g/mol. The van der Waals surface area contributed by atoms with Gasteiger partial charge in [-0.3, -0.25) is 9.48 Å². The summed E-state index contributed by atoms with van der Waals surface area (Å²) < 4.78 is 35.3. The second kappa shape index (κ2) is 7.17. The molecule has 0 amide bonds. The highest BCUT2D eigenvalue weighted by Gasteiger charge is 2.72. The van der Waals surface area contributed by atoms with Crippen LogP contribution < -0.4 is 5.32 Å². The number of carboxylic acids is 1. The number of hydrogen-bond acceptors (Lipinski definition) is 7. The van der Waals surface area contributed by atoms with Crippen LogP contribution in [0.2, 0.25) is 0 Å². The van der Waals surface area contributed by atoms with Gasteiger partial charge in [0.15, 0.2) is 17.5 Å². The molecule has 1 aromatic carbocycles. The fourth-order valence-corrected chi connectivity index (χ4v) is 4.96. The Hall–Kier alpha value is -4.15. The highest BCUT2D eigenvalue weighted by molar-refractivity contribution is 5.81. The third kappa shape index (κ3) is 3.15. The van der Waals surface area contributed by atoms with Crippen molar-refractivity contribution >= 4 is 11.8 Å². The fraction of sp³-hybridized carbons (Fsp3) is 0.261. The third-order valence-corrected chi connectivity index (χ3v) is 6.60. The van der Waals surface area contributed by atoms with Crippen LogP contribution in [0, 0.1) is 17.0 Å². The van der Waals surface area contributed by atoms with Crippen molar-refractivity contribution in [1.29, 1.82) is 0 Å². The molecule has 0 atom stereocenters. The van der Waals surface area contributed by atoms with E-state index in [0.717, 1.165) is 6.20 Å². The second-order valence-electron chi connectivity index (χ2n) is 8.96. The van der Waals surface area contributed by atoms with Gasteiger partial charge >= 0.3 is 5.97 Å². The Labute approximate surface area is 191 Å². The number of benzene rings is 1. The first-order chi connectivity index (χ1) is 16.4. The number of rotatable bonds is 7. The number of halogens is 2. The fourth-order valence-electron chi connectivity index (χ4n) is 4.96. The van der Waals surface area contributed by atoms with Crippen LogP contribution in [0.1, 0.15) is 24.8 Å². The first-order valence-electron chi connectivity index (χ1n) is 10.6. The third-order valence-electron chi connectivity index (χ3n) is 6.60. The first kappa shape index (κ1) is 20.5. The molecule has 0 unspecified atom stereocenters. The molecule has 3 heterocycles. The van der Waals surface area contributed by atoms with Crippen molar-refractivity contribution in [3.05, 3.63) is 66.1 Å². The summed E-state index contributed by atoms with van der Waals surface area (Å²) in [4.78, 5) is 19.8. The van der Waals surface area contributed by atoms with E-state index in [0.29, 0.717) is 41.9 Å². The van der Waals surface area contributed by atoms with Gasteiger partial charge in [0.05, 0.1) is 23.9 Å². The Balaban J connectivity index is 1.33. The molecule has 0 spiro atoms. The Morgan fingerprint density at radius 2 is 1.94 bits per heavy atom. The number of carbonyl (C=O) groups is 1. The average Bonchev–Trinajstić information content (AvgIpc) is 3.42. The van der Waals surface area contributed by atoms with Crippen LogP contribution in [-0.2, 0) is 11.3 Å². The number of carboxylic acid groups (broad SMARTS) is 1.